The highest BCUT2D eigenvalue weighted by molar-refractivity contribution is 5.10. The molecule has 0 radical (unpaired) electrons. The fourth-order valence-corrected chi connectivity index (χ4v) is 2.59. The van der Waals surface area contributed by atoms with Gasteiger partial charge in [-0.15, -0.1) is 0 Å². The minimum absolute atomic E-state index is 0.125. The van der Waals surface area contributed by atoms with E-state index in [1.165, 1.54) is 25.0 Å². The van der Waals surface area contributed by atoms with E-state index in [1.807, 2.05) is 12.5 Å². The van der Waals surface area contributed by atoms with Crippen molar-refractivity contribution in [2.24, 2.45) is 11.7 Å². The predicted octanol–water partition coefficient (Wildman–Crippen LogP) is 2.83. The molecular weight excluding hydrogens is 198 g/mol. The molecule has 0 saturated heterocycles. The average molecular weight is 221 g/mol. The number of hydrogen-bond acceptors (Lipinski definition) is 2. The molecule has 1 saturated carbocycles. The highest BCUT2D eigenvalue weighted by atomic mass is 15.1. The fourth-order valence-electron chi connectivity index (χ4n) is 2.59. The van der Waals surface area contributed by atoms with Gasteiger partial charge in [0.15, 0.2) is 0 Å². The Kier molecular flexibility index (Phi) is 3.06. The number of hydrogen-bond donors (Lipinski definition) is 1. The van der Waals surface area contributed by atoms with E-state index in [0.29, 0.717) is 5.92 Å². The first-order chi connectivity index (χ1) is 7.53. The maximum atomic E-state index is 6.26. The van der Waals surface area contributed by atoms with Crippen molar-refractivity contribution in [2.75, 3.05) is 0 Å². The summed E-state index contributed by atoms with van der Waals surface area (Å²) in [5.74, 6) is 0.632. The number of imidazole rings is 1. The van der Waals surface area contributed by atoms with Crippen LogP contribution in [0.2, 0.25) is 0 Å². The van der Waals surface area contributed by atoms with Crippen LogP contribution in [0.5, 0.6) is 0 Å². The SMILES string of the molecule is CC(C)CC(N)c1cncn1C1(C)CCC1. The molecule has 0 bridgehead atoms. The Hall–Kier alpha value is -0.830. The summed E-state index contributed by atoms with van der Waals surface area (Å²) in [6.07, 6.45) is 8.76. The van der Waals surface area contributed by atoms with Gasteiger partial charge in [0.1, 0.15) is 0 Å². The molecule has 3 nitrogen and oxygen atoms in total. The lowest BCUT2D eigenvalue weighted by Crippen LogP contribution is -2.39. The molecule has 16 heavy (non-hydrogen) atoms. The fraction of sp³-hybridized carbons (Fsp3) is 0.769. The summed E-state index contributed by atoms with van der Waals surface area (Å²) in [5.41, 5.74) is 7.74. The lowest BCUT2D eigenvalue weighted by atomic mass is 9.78. The second-order valence-electron chi connectivity index (χ2n) is 5.78. The van der Waals surface area contributed by atoms with Gasteiger partial charge in [-0.25, -0.2) is 4.98 Å². The summed E-state index contributed by atoms with van der Waals surface area (Å²) in [6.45, 7) is 6.74. The van der Waals surface area contributed by atoms with Crippen molar-refractivity contribution >= 4 is 0 Å². The van der Waals surface area contributed by atoms with Gasteiger partial charge < -0.3 is 10.3 Å². The van der Waals surface area contributed by atoms with Crippen LogP contribution in [0.4, 0.5) is 0 Å². The Morgan fingerprint density at radius 1 is 1.50 bits per heavy atom. The minimum Gasteiger partial charge on any atom is -0.327 e. The van der Waals surface area contributed by atoms with Crippen LogP contribution in [0, 0.1) is 5.92 Å². The predicted molar refractivity (Wildman–Crippen MR) is 66.1 cm³/mol. The largest absolute Gasteiger partial charge is 0.327 e. The molecule has 1 heterocycles. The molecular formula is C13H23N3. The van der Waals surface area contributed by atoms with E-state index < -0.39 is 0 Å². The van der Waals surface area contributed by atoms with Gasteiger partial charge in [-0.1, -0.05) is 13.8 Å². The number of rotatable bonds is 4. The van der Waals surface area contributed by atoms with Crippen molar-refractivity contribution in [2.45, 2.75) is 58.0 Å². The highest BCUT2D eigenvalue weighted by Gasteiger charge is 2.35. The average Bonchev–Trinajstić information content (AvgIpc) is 2.61. The molecule has 2 N–H and O–H groups in total. The van der Waals surface area contributed by atoms with E-state index in [1.54, 1.807) is 0 Å². The third-order valence-corrected chi connectivity index (χ3v) is 3.78. The molecule has 1 aliphatic carbocycles. The van der Waals surface area contributed by atoms with Gasteiger partial charge >= 0.3 is 0 Å². The van der Waals surface area contributed by atoms with Crippen LogP contribution in [0.25, 0.3) is 0 Å². The molecule has 0 aromatic carbocycles. The molecule has 1 aromatic rings. The first-order valence-corrected chi connectivity index (χ1v) is 6.31. The summed E-state index contributed by atoms with van der Waals surface area (Å²) >= 11 is 0. The van der Waals surface area contributed by atoms with Crippen molar-refractivity contribution in [3.63, 3.8) is 0 Å². The summed E-state index contributed by atoms with van der Waals surface area (Å²) in [7, 11) is 0. The Morgan fingerprint density at radius 2 is 2.19 bits per heavy atom. The molecule has 1 unspecified atom stereocenters. The van der Waals surface area contributed by atoms with Crippen molar-refractivity contribution in [3.8, 4) is 0 Å². The topological polar surface area (TPSA) is 43.8 Å². The Morgan fingerprint density at radius 3 is 2.69 bits per heavy atom. The molecule has 1 fully saturated rings. The Balaban J connectivity index is 2.18. The molecule has 0 spiro atoms. The maximum absolute atomic E-state index is 6.26. The van der Waals surface area contributed by atoms with E-state index >= 15 is 0 Å². The molecule has 1 aromatic heterocycles. The monoisotopic (exact) mass is 221 g/mol. The van der Waals surface area contributed by atoms with Gasteiger partial charge in [-0.2, -0.15) is 0 Å². The van der Waals surface area contributed by atoms with E-state index in [9.17, 15) is 0 Å². The standard InChI is InChI=1S/C13H23N3/c1-10(2)7-11(14)12-8-15-9-16(12)13(3)5-4-6-13/h8-11H,4-7,14H2,1-3H3. The van der Waals surface area contributed by atoms with Crippen LogP contribution in [0.3, 0.4) is 0 Å². The first-order valence-electron chi connectivity index (χ1n) is 6.31. The number of nitrogens with zero attached hydrogens (tertiary/aromatic N) is 2. The van der Waals surface area contributed by atoms with Crippen LogP contribution in [0.1, 0.15) is 58.2 Å². The zero-order valence-corrected chi connectivity index (χ0v) is 10.6. The Bertz CT molecular complexity index is 350. The third-order valence-electron chi connectivity index (χ3n) is 3.78. The van der Waals surface area contributed by atoms with E-state index in [2.05, 4.69) is 30.3 Å². The van der Waals surface area contributed by atoms with Gasteiger partial charge in [0.25, 0.3) is 0 Å². The summed E-state index contributed by atoms with van der Waals surface area (Å²) in [6, 6.07) is 0.125. The van der Waals surface area contributed by atoms with Crippen LogP contribution in [-0.2, 0) is 5.54 Å². The van der Waals surface area contributed by atoms with Crippen LogP contribution in [-0.4, -0.2) is 9.55 Å². The molecule has 3 heteroatoms. The van der Waals surface area contributed by atoms with Gasteiger partial charge in [0.05, 0.1) is 12.0 Å². The number of nitrogens with two attached hydrogens (primary N) is 1. The smallest absolute Gasteiger partial charge is 0.0953 e. The van der Waals surface area contributed by atoms with E-state index in [-0.39, 0.29) is 11.6 Å². The van der Waals surface area contributed by atoms with Crippen molar-refractivity contribution in [3.05, 3.63) is 18.2 Å². The van der Waals surface area contributed by atoms with E-state index in [4.69, 9.17) is 5.73 Å². The normalized spacial score (nSPS) is 20.8. The zero-order valence-electron chi connectivity index (χ0n) is 10.6. The van der Waals surface area contributed by atoms with Gasteiger partial charge in [0, 0.05) is 17.8 Å². The lowest BCUT2D eigenvalue weighted by Gasteiger charge is -2.41. The number of aromatic nitrogens is 2. The van der Waals surface area contributed by atoms with Crippen LogP contribution in [0.15, 0.2) is 12.5 Å². The molecule has 90 valence electrons. The van der Waals surface area contributed by atoms with E-state index in [0.717, 1.165) is 6.42 Å². The molecule has 0 aliphatic heterocycles. The summed E-state index contributed by atoms with van der Waals surface area (Å²) in [5, 5.41) is 0. The molecule has 1 aliphatic rings. The van der Waals surface area contributed by atoms with Crippen molar-refractivity contribution < 1.29 is 0 Å². The molecule has 2 rings (SSSR count). The third kappa shape index (κ3) is 2.01. The van der Waals surface area contributed by atoms with Gasteiger partial charge in [0.2, 0.25) is 0 Å². The second-order valence-corrected chi connectivity index (χ2v) is 5.78. The van der Waals surface area contributed by atoms with Crippen LogP contribution >= 0.6 is 0 Å². The molecule has 1 atom stereocenters. The second kappa shape index (κ2) is 4.21. The van der Waals surface area contributed by atoms with Gasteiger partial charge in [-0.3, -0.25) is 0 Å². The van der Waals surface area contributed by atoms with Crippen LogP contribution < -0.4 is 5.73 Å². The van der Waals surface area contributed by atoms with Crippen molar-refractivity contribution in [1.29, 1.82) is 0 Å². The first kappa shape index (κ1) is 11.6. The summed E-state index contributed by atoms with van der Waals surface area (Å²) in [4.78, 5) is 4.28. The summed E-state index contributed by atoms with van der Waals surface area (Å²) < 4.78 is 2.31. The Labute approximate surface area is 98.1 Å². The quantitative estimate of drug-likeness (QED) is 0.849. The lowest BCUT2D eigenvalue weighted by molar-refractivity contribution is 0.161. The van der Waals surface area contributed by atoms with Crippen molar-refractivity contribution in [1.82, 2.24) is 9.55 Å². The van der Waals surface area contributed by atoms with Gasteiger partial charge in [-0.05, 0) is 38.5 Å². The highest BCUT2D eigenvalue weighted by Crippen LogP contribution is 2.40. The minimum atomic E-state index is 0.125. The molecule has 0 amide bonds. The zero-order chi connectivity index (χ0) is 11.8. The maximum Gasteiger partial charge on any atom is 0.0953 e.